The lowest BCUT2D eigenvalue weighted by atomic mass is 10.1. The second kappa shape index (κ2) is 13.0. The molecule has 8 nitrogen and oxygen atoms in total. The molecule has 3 aromatic carbocycles. The molecular formula is C32H32BrN3O5. The molecule has 9 heteroatoms. The fraction of sp³-hybridized carbons (Fsp3) is 0.281. The summed E-state index contributed by atoms with van der Waals surface area (Å²) in [6.45, 7) is 8.96. The molecule has 0 atom stereocenters. The third-order valence-corrected chi connectivity index (χ3v) is 7.08. The molecule has 0 spiro atoms. The Bertz CT molecular complexity index is 1660. The number of aromatic nitrogens is 2. The normalized spacial score (nSPS) is 12.3. The van der Waals surface area contributed by atoms with Crippen LogP contribution in [0.1, 0.15) is 49.2 Å². The van der Waals surface area contributed by atoms with E-state index in [2.05, 4.69) is 34.5 Å². The van der Waals surface area contributed by atoms with Gasteiger partial charge in [0.25, 0.3) is 5.56 Å². The molecule has 0 saturated heterocycles. The van der Waals surface area contributed by atoms with E-state index in [0.29, 0.717) is 60.0 Å². The molecule has 212 valence electrons. The van der Waals surface area contributed by atoms with Crippen molar-refractivity contribution in [3.63, 3.8) is 0 Å². The van der Waals surface area contributed by atoms with Gasteiger partial charge in [-0.3, -0.25) is 4.79 Å². The van der Waals surface area contributed by atoms with E-state index < -0.39 is 0 Å². The Labute approximate surface area is 247 Å². The summed E-state index contributed by atoms with van der Waals surface area (Å²) in [7, 11) is 0. The predicted octanol–water partition coefficient (Wildman–Crippen LogP) is 6.82. The van der Waals surface area contributed by atoms with Crippen LogP contribution in [0.3, 0.4) is 0 Å². The average Bonchev–Trinajstić information content (AvgIpc) is 3.44. The molecule has 2 heterocycles. The summed E-state index contributed by atoms with van der Waals surface area (Å²) in [6, 6.07) is 15.1. The average molecular weight is 619 g/mol. The summed E-state index contributed by atoms with van der Waals surface area (Å²) in [5.41, 5.74) is 3.06. The Morgan fingerprint density at radius 2 is 1.95 bits per heavy atom. The van der Waals surface area contributed by atoms with Gasteiger partial charge in [-0.25, -0.2) is 4.98 Å². The maximum atomic E-state index is 13.5. The van der Waals surface area contributed by atoms with Crippen LogP contribution in [0.25, 0.3) is 10.9 Å². The molecule has 0 fully saturated rings. The summed E-state index contributed by atoms with van der Waals surface area (Å²) >= 11 is 3.46. The van der Waals surface area contributed by atoms with Crippen molar-refractivity contribution in [2.24, 2.45) is 5.10 Å². The monoisotopic (exact) mass is 617 g/mol. The van der Waals surface area contributed by atoms with Gasteiger partial charge in [-0.05, 0) is 73.4 Å². The highest BCUT2D eigenvalue weighted by molar-refractivity contribution is 9.10. The first-order valence-corrected chi connectivity index (χ1v) is 14.5. The molecule has 1 aliphatic heterocycles. The van der Waals surface area contributed by atoms with Crippen LogP contribution in [-0.4, -0.2) is 29.3 Å². The van der Waals surface area contributed by atoms with Gasteiger partial charge in [0, 0.05) is 16.5 Å². The number of aryl methyl sites for hydroxylation is 1. The first kappa shape index (κ1) is 28.4. The molecular weight excluding hydrogens is 586 g/mol. The number of halogens is 1. The minimum absolute atomic E-state index is 0.210. The summed E-state index contributed by atoms with van der Waals surface area (Å²) in [5.74, 6) is 3.29. The van der Waals surface area contributed by atoms with E-state index in [9.17, 15) is 4.79 Å². The summed E-state index contributed by atoms with van der Waals surface area (Å²) in [5, 5.41) is 5.13. The maximum Gasteiger partial charge on any atom is 0.282 e. The standard InChI is InChI=1S/C32H32BrN3O5/c1-4-7-9-30-35-26-12-11-24(33)17-25(26)32(37)36(30)34-18-22-14-23(8-5-2)31(29(16-22)38-6-3)39-19-21-10-13-27-28(15-21)41-20-40-27/h5,10-18H,2,4,6-9,19-20H2,1,3H3. The van der Waals surface area contributed by atoms with Crippen molar-refractivity contribution in [2.75, 3.05) is 13.4 Å². The Morgan fingerprint density at radius 3 is 2.76 bits per heavy atom. The van der Waals surface area contributed by atoms with Crippen molar-refractivity contribution in [2.45, 2.75) is 46.1 Å². The lowest BCUT2D eigenvalue weighted by Gasteiger charge is -2.17. The number of hydrogen-bond donors (Lipinski definition) is 0. The predicted molar refractivity (Wildman–Crippen MR) is 164 cm³/mol. The fourth-order valence-corrected chi connectivity index (χ4v) is 4.97. The number of hydrogen-bond acceptors (Lipinski definition) is 7. The Kier molecular flexibility index (Phi) is 9.04. The van der Waals surface area contributed by atoms with E-state index in [-0.39, 0.29) is 12.4 Å². The van der Waals surface area contributed by atoms with Crippen LogP contribution in [0.2, 0.25) is 0 Å². The first-order chi connectivity index (χ1) is 20.0. The zero-order valence-corrected chi connectivity index (χ0v) is 24.8. The van der Waals surface area contributed by atoms with E-state index in [1.807, 2.05) is 55.5 Å². The lowest BCUT2D eigenvalue weighted by molar-refractivity contribution is 0.174. The van der Waals surface area contributed by atoms with Crippen LogP contribution < -0.4 is 24.5 Å². The van der Waals surface area contributed by atoms with Crippen LogP contribution in [0.4, 0.5) is 0 Å². The van der Waals surface area contributed by atoms with Gasteiger partial charge in [0.1, 0.15) is 12.4 Å². The molecule has 41 heavy (non-hydrogen) atoms. The van der Waals surface area contributed by atoms with Crippen LogP contribution in [0.15, 0.2) is 75.6 Å². The number of allylic oxidation sites excluding steroid dienone is 1. The number of nitrogens with zero attached hydrogens (tertiary/aromatic N) is 3. The molecule has 0 amide bonds. The molecule has 0 unspecified atom stereocenters. The van der Waals surface area contributed by atoms with Gasteiger partial charge >= 0.3 is 0 Å². The fourth-order valence-electron chi connectivity index (χ4n) is 4.61. The van der Waals surface area contributed by atoms with Gasteiger partial charge in [0.15, 0.2) is 23.0 Å². The van der Waals surface area contributed by atoms with Gasteiger partial charge in [0.05, 0.1) is 23.7 Å². The second-order valence-electron chi connectivity index (χ2n) is 9.56. The van der Waals surface area contributed by atoms with E-state index in [0.717, 1.165) is 39.8 Å². The van der Waals surface area contributed by atoms with Gasteiger partial charge in [-0.15, -0.1) is 6.58 Å². The molecule has 1 aromatic heterocycles. The quantitative estimate of drug-likeness (QED) is 0.128. The van der Waals surface area contributed by atoms with Gasteiger partial charge in [-0.2, -0.15) is 9.78 Å². The Morgan fingerprint density at radius 1 is 1.10 bits per heavy atom. The third-order valence-electron chi connectivity index (χ3n) is 6.59. The van der Waals surface area contributed by atoms with Gasteiger partial charge in [0.2, 0.25) is 6.79 Å². The summed E-state index contributed by atoms with van der Waals surface area (Å²) in [4.78, 5) is 18.2. The Balaban J connectivity index is 1.50. The number of rotatable bonds is 12. The zero-order chi connectivity index (χ0) is 28.8. The molecule has 5 rings (SSSR count). The lowest BCUT2D eigenvalue weighted by Crippen LogP contribution is -2.22. The summed E-state index contributed by atoms with van der Waals surface area (Å²) in [6.07, 6.45) is 6.57. The largest absolute Gasteiger partial charge is 0.490 e. The molecule has 4 aromatic rings. The highest BCUT2D eigenvalue weighted by Crippen LogP contribution is 2.36. The minimum Gasteiger partial charge on any atom is -0.490 e. The minimum atomic E-state index is -0.210. The number of unbranched alkanes of at least 4 members (excludes halogenated alkanes) is 1. The van der Waals surface area contributed by atoms with E-state index in [4.69, 9.17) is 23.9 Å². The summed E-state index contributed by atoms with van der Waals surface area (Å²) < 4.78 is 25.4. The van der Waals surface area contributed by atoms with Crippen molar-refractivity contribution >= 4 is 33.0 Å². The van der Waals surface area contributed by atoms with Crippen LogP contribution >= 0.6 is 15.9 Å². The number of benzene rings is 3. The molecule has 0 bridgehead atoms. The van der Waals surface area contributed by atoms with Crippen molar-refractivity contribution in [3.05, 3.63) is 98.5 Å². The Hall–Kier alpha value is -4.11. The zero-order valence-electron chi connectivity index (χ0n) is 23.2. The van der Waals surface area contributed by atoms with Crippen LogP contribution in [-0.2, 0) is 19.4 Å². The number of fused-ring (bicyclic) bond motifs is 2. The van der Waals surface area contributed by atoms with Gasteiger partial charge < -0.3 is 18.9 Å². The number of ether oxygens (including phenoxy) is 4. The third kappa shape index (κ3) is 6.46. The highest BCUT2D eigenvalue weighted by atomic mass is 79.9. The second-order valence-corrected chi connectivity index (χ2v) is 10.5. The molecule has 0 radical (unpaired) electrons. The van der Waals surface area contributed by atoms with Crippen molar-refractivity contribution in [1.82, 2.24) is 9.66 Å². The smallest absolute Gasteiger partial charge is 0.282 e. The molecule has 0 aliphatic carbocycles. The van der Waals surface area contributed by atoms with Crippen molar-refractivity contribution in [1.29, 1.82) is 0 Å². The van der Waals surface area contributed by atoms with Crippen molar-refractivity contribution in [3.8, 4) is 23.0 Å². The van der Waals surface area contributed by atoms with E-state index in [1.165, 1.54) is 4.68 Å². The topological polar surface area (TPSA) is 84.2 Å². The van der Waals surface area contributed by atoms with Crippen LogP contribution in [0, 0.1) is 0 Å². The van der Waals surface area contributed by atoms with Crippen molar-refractivity contribution < 1.29 is 18.9 Å². The van der Waals surface area contributed by atoms with Gasteiger partial charge in [-0.1, -0.05) is 41.4 Å². The molecule has 0 saturated carbocycles. The van der Waals surface area contributed by atoms with E-state index in [1.54, 1.807) is 12.3 Å². The maximum absolute atomic E-state index is 13.5. The van der Waals surface area contributed by atoms with Crippen LogP contribution in [0.5, 0.6) is 23.0 Å². The SMILES string of the molecule is C=CCc1cc(C=Nn2c(CCCC)nc3ccc(Br)cc3c2=O)cc(OCC)c1OCc1ccc2c(c1)OCO2. The molecule has 1 aliphatic rings. The first-order valence-electron chi connectivity index (χ1n) is 13.7. The highest BCUT2D eigenvalue weighted by Gasteiger charge is 2.17. The van der Waals surface area contributed by atoms with E-state index >= 15 is 0 Å². The molecule has 0 N–H and O–H groups in total.